The number of carbonyl (C=O) groups excluding carboxylic acids is 1. The predicted octanol–water partition coefficient (Wildman–Crippen LogP) is 3.95. The number of rotatable bonds is 4. The van der Waals surface area contributed by atoms with Crippen LogP contribution in [-0.2, 0) is 17.8 Å². The van der Waals surface area contributed by atoms with Crippen LogP contribution in [0.15, 0.2) is 40.8 Å². The molecule has 0 N–H and O–H groups in total. The Morgan fingerprint density at radius 3 is 2.58 bits per heavy atom. The first-order valence-electron chi connectivity index (χ1n) is 8.10. The van der Waals surface area contributed by atoms with Crippen molar-refractivity contribution in [1.82, 2.24) is 9.88 Å². The quantitative estimate of drug-likeness (QED) is 0.730. The van der Waals surface area contributed by atoms with E-state index in [2.05, 4.69) is 18.0 Å². The number of hydrogen-bond donors (Lipinski definition) is 0. The summed E-state index contributed by atoms with van der Waals surface area (Å²) in [5, 5.41) is 1.11. The van der Waals surface area contributed by atoms with Crippen LogP contribution >= 0.6 is 0 Å². The fourth-order valence-corrected chi connectivity index (χ4v) is 3.01. The number of aryl methyl sites for hydroxylation is 3. The molecule has 24 heavy (non-hydrogen) atoms. The van der Waals surface area contributed by atoms with E-state index in [0.717, 1.165) is 39.2 Å². The van der Waals surface area contributed by atoms with E-state index in [9.17, 15) is 4.79 Å². The fraction of sp³-hybridized carbons (Fsp3) is 0.300. The molecule has 0 fully saturated rings. The molecular weight excluding hydrogens is 300 g/mol. The van der Waals surface area contributed by atoms with E-state index in [4.69, 9.17) is 4.42 Å². The fourth-order valence-electron chi connectivity index (χ4n) is 3.01. The highest BCUT2D eigenvalue weighted by atomic mass is 16.3. The Balaban J connectivity index is 1.82. The third-order valence-corrected chi connectivity index (χ3v) is 4.43. The van der Waals surface area contributed by atoms with Gasteiger partial charge in [0.15, 0.2) is 0 Å². The summed E-state index contributed by atoms with van der Waals surface area (Å²) in [6, 6.07) is 11.9. The maximum atomic E-state index is 12.6. The molecule has 124 valence electrons. The standard InChI is InChI=1S/C20H22N2O2/c1-13-9-10-16(24-13)12-22(4)20(23)11-18-14(2)17-7-5-6-8-19(17)21-15(18)3/h5-10H,11-12H2,1-4H3. The van der Waals surface area contributed by atoms with Crippen molar-refractivity contribution in [3.63, 3.8) is 0 Å². The van der Waals surface area contributed by atoms with Gasteiger partial charge >= 0.3 is 0 Å². The minimum absolute atomic E-state index is 0.0623. The van der Waals surface area contributed by atoms with Gasteiger partial charge in [-0.1, -0.05) is 18.2 Å². The number of amides is 1. The first-order valence-corrected chi connectivity index (χ1v) is 8.10. The number of furan rings is 1. The molecular formula is C20H22N2O2. The topological polar surface area (TPSA) is 46.3 Å². The summed E-state index contributed by atoms with van der Waals surface area (Å²) in [5.74, 6) is 1.72. The van der Waals surface area contributed by atoms with Crippen LogP contribution in [0, 0.1) is 20.8 Å². The van der Waals surface area contributed by atoms with Gasteiger partial charge in [-0.25, -0.2) is 0 Å². The molecule has 2 aromatic heterocycles. The summed E-state index contributed by atoms with van der Waals surface area (Å²) in [6.07, 6.45) is 0.353. The highest BCUT2D eigenvalue weighted by Crippen LogP contribution is 2.23. The van der Waals surface area contributed by atoms with Crippen LogP contribution < -0.4 is 0 Å². The average Bonchev–Trinajstić information content (AvgIpc) is 2.96. The highest BCUT2D eigenvalue weighted by molar-refractivity contribution is 5.86. The number of aromatic nitrogens is 1. The normalized spacial score (nSPS) is 11.0. The minimum Gasteiger partial charge on any atom is -0.464 e. The van der Waals surface area contributed by atoms with Crippen LogP contribution in [0.25, 0.3) is 10.9 Å². The highest BCUT2D eigenvalue weighted by Gasteiger charge is 2.16. The van der Waals surface area contributed by atoms with E-state index < -0.39 is 0 Å². The molecule has 0 radical (unpaired) electrons. The van der Waals surface area contributed by atoms with Crippen molar-refractivity contribution in [2.24, 2.45) is 0 Å². The molecule has 3 rings (SSSR count). The predicted molar refractivity (Wildman–Crippen MR) is 94.8 cm³/mol. The van der Waals surface area contributed by atoms with Crippen LogP contribution in [0.4, 0.5) is 0 Å². The largest absolute Gasteiger partial charge is 0.464 e. The second kappa shape index (κ2) is 6.48. The van der Waals surface area contributed by atoms with Gasteiger partial charge in [0.1, 0.15) is 11.5 Å². The molecule has 4 heteroatoms. The van der Waals surface area contributed by atoms with Gasteiger partial charge in [0.2, 0.25) is 5.91 Å². The molecule has 0 aliphatic heterocycles. The molecule has 4 nitrogen and oxygen atoms in total. The van der Waals surface area contributed by atoms with Crippen LogP contribution in [0.3, 0.4) is 0 Å². The summed E-state index contributed by atoms with van der Waals surface area (Å²) in [4.78, 5) is 19.0. The van der Waals surface area contributed by atoms with E-state index in [1.165, 1.54) is 0 Å². The number of nitrogens with zero attached hydrogens (tertiary/aromatic N) is 2. The summed E-state index contributed by atoms with van der Waals surface area (Å²) in [5.41, 5.74) is 4.04. The van der Waals surface area contributed by atoms with E-state index in [1.54, 1.807) is 11.9 Å². The lowest BCUT2D eigenvalue weighted by Gasteiger charge is -2.18. The first kappa shape index (κ1) is 16.2. The Hall–Kier alpha value is -2.62. The Bertz CT molecular complexity index is 896. The molecule has 0 saturated heterocycles. The van der Waals surface area contributed by atoms with Gasteiger partial charge in [-0.05, 0) is 50.1 Å². The van der Waals surface area contributed by atoms with E-state index in [-0.39, 0.29) is 5.91 Å². The van der Waals surface area contributed by atoms with Crippen LogP contribution in [0.2, 0.25) is 0 Å². The van der Waals surface area contributed by atoms with Crippen molar-refractivity contribution >= 4 is 16.8 Å². The summed E-state index contributed by atoms with van der Waals surface area (Å²) in [6.45, 7) is 6.41. The lowest BCUT2D eigenvalue weighted by atomic mass is 9.99. The monoisotopic (exact) mass is 322 g/mol. The molecule has 0 atom stereocenters. The van der Waals surface area contributed by atoms with Gasteiger partial charge in [-0.2, -0.15) is 0 Å². The summed E-state index contributed by atoms with van der Waals surface area (Å²) >= 11 is 0. The van der Waals surface area contributed by atoms with Crippen molar-refractivity contribution < 1.29 is 9.21 Å². The molecule has 0 aliphatic rings. The van der Waals surface area contributed by atoms with Crippen molar-refractivity contribution in [2.45, 2.75) is 33.7 Å². The molecule has 0 spiro atoms. The second-order valence-electron chi connectivity index (χ2n) is 6.26. The first-order chi connectivity index (χ1) is 11.5. The number of likely N-dealkylation sites (N-methyl/N-ethyl adjacent to an activating group) is 1. The number of benzene rings is 1. The third kappa shape index (κ3) is 3.18. The van der Waals surface area contributed by atoms with Gasteiger partial charge in [0.25, 0.3) is 0 Å². The molecule has 1 amide bonds. The molecule has 0 bridgehead atoms. The number of pyridine rings is 1. The smallest absolute Gasteiger partial charge is 0.227 e. The average molecular weight is 322 g/mol. The van der Waals surface area contributed by atoms with Gasteiger partial charge in [-0.3, -0.25) is 9.78 Å². The van der Waals surface area contributed by atoms with E-state index in [0.29, 0.717) is 13.0 Å². The number of fused-ring (bicyclic) bond motifs is 1. The maximum absolute atomic E-state index is 12.6. The third-order valence-electron chi connectivity index (χ3n) is 4.43. The van der Waals surface area contributed by atoms with Crippen LogP contribution in [-0.4, -0.2) is 22.8 Å². The summed E-state index contributed by atoms with van der Waals surface area (Å²) in [7, 11) is 1.80. The molecule has 1 aromatic carbocycles. The second-order valence-corrected chi connectivity index (χ2v) is 6.26. The van der Waals surface area contributed by atoms with Gasteiger partial charge in [0.05, 0.1) is 18.5 Å². The molecule has 0 aliphatic carbocycles. The van der Waals surface area contributed by atoms with Gasteiger partial charge < -0.3 is 9.32 Å². The number of hydrogen-bond acceptors (Lipinski definition) is 3. The lowest BCUT2D eigenvalue weighted by Crippen LogP contribution is -2.28. The van der Waals surface area contributed by atoms with Crippen molar-refractivity contribution in [3.8, 4) is 0 Å². The maximum Gasteiger partial charge on any atom is 0.227 e. The SMILES string of the molecule is Cc1ccc(CN(C)C(=O)Cc2c(C)nc3ccccc3c2C)o1. The van der Waals surface area contributed by atoms with E-state index >= 15 is 0 Å². The number of carbonyl (C=O) groups is 1. The van der Waals surface area contributed by atoms with Gasteiger partial charge in [-0.15, -0.1) is 0 Å². The van der Waals surface area contributed by atoms with Crippen molar-refractivity contribution in [3.05, 3.63) is 64.7 Å². The Labute approximate surface area is 142 Å². The minimum atomic E-state index is 0.0623. The molecule has 2 heterocycles. The molecule has 0 unspecified atom stereocenters. The Morgan fingerprint density at radius 1 is 1.12 bits per heavy atom. The van der Waals surface area contributed by atoms with Crippen molar-refractivity contribution in [1.29, 1.82) is 0 Å². The zero-order valence-electron chi connectivity index (χ0n) is 14.6. The van der Waals surface area contributed by atoms with Gasteiger partial charge in [0, 0.05) is 18.1 Å². The zero-order valence-corrected chi connectivity index (χ0v) is 14.6. The van der Waals surface area contributed by atoms with Crippen LogP contribution in [0.1, 0.15) is 28.3 Å². The summed E-state index contributed by atoms with van der Waals surface area (Å²) < 4.78 is 5.55. The molecule has 0 saturated carbocycles. The Morgan fingerprint density at radius 2 is 1.88 bits per heavy atom. The zero-order chi connectivity index (χ0) is 17.3. The van der Waals surface area contributed by atoms with Crippen molar-refractivity contribution in [2.75, 3.05) is 7.05 Å². The lowest BCUT2D eigenvalue weighted by molar-refractivity contribution is -0.129. The van der Waals surface area contributed by atoms with E-state index in [1.807, 2.05) is 44.2 Å². The Kier molecular flexibility index (Phi) is 4.38. The number of para-hydroxylation sites is 1. The van der Waals surface area contributed by atoms with Crippen LogP contribution in [0.5, 0.6) is 0 Å². The molecule has 3 aromatic rings.